The first-order valence-corrected chi connectivity index (χ1v) is 6.98. The Morgan fingerprint density at radius 1 is 1.50 bits per heavy atom. The van der Waals surface area contributed by atoms with Crippen LogP contribution in [-0.2, 0) is 9.47 Å². The first-order valence-electron chi connectivity index (χ1n) is 6.98. The van der Waals surface area contributed by atoms with Gasteiger partial charge >= 0.3 is 6.09 Å². The molecular weight excluding hydrogens is 230 g/mol. The number of amides is 1. The second kappa shape index (κ2) is 4.72. The second-order valence-electron chi connectivity index (χ2n) is 6.47. The van der Waals surface area contributed by atoms with Gasteiger partial charge in [0.2, 0.25) is 0 Å². The maximum Gasteiger partial charge on any atom is 0.410 e. The van der Waals surface area contributed by atoms with Crippen molar-refractivity contribution < 1.29 is 14.3 Å². The van der Waals surface area contributed by atoms with Crippen LogP contribution < -0.4 is 0 Å². The fourth-order valence-electron chi connectivity index (χ4n) is 2.72. The number of ether oxygens (including phenoxy) is 2. The second-order valence-corrected chi connectivity index (χ2v) is 6.47. The van der Waals surface area contributed by atoms with E-state index >= 15 is 0 Å². The Morgan fingerprint density at radius 3 is 2.67 bits per heavy atom. The average molecular weight is 255 g/mol. The number of hydrogen-bond donors (Lipinski definition) is 0. The van der Waals surface area contributed by atoms with Crippen molar-refractivity contribution in [1.82, 2.24) is 4.90 Å². The summed E-state index contributed by atoms with van der Waals surface area (Å²) in [5.41, 5.74) is -0.358. The first kappa shape index (κ1) is 13.7. The Balaban J connectivity index is 1.93. The number of piperidine rings is 1. The number of carbonyl (C=O) groups is 1. The molecule has 1 amide bonds. The molecule has 0 aromatic carbocycles. The summed E-state index contributed by atoms with van der Waals surface area (Å²) in [5.74, 6) is 0.476. The molecule has 2 aliphatic heterocycles. The topological polar surface area (TPSA) is 42.1 Å². The summed E-state index contributed by atoms with van der Waals surface area (Å²) in [5, 5.41) is 0. The van der Waals surface area contributed by atoms with Gasteiger partial charge in [-0.2, -0.15) is 0 Å². The van der Waals surface area contributed by atoms with Crippen molar-refractivity contribution in [2.45, 2.75) is 58.2 Å². The van der Waals surface area contributed by atoms with Crippen molar-refractivity contribution in [3.8, 4) is 0 Å². The normalized spacial score (nSPS) is 32.2. The van der Waals surface area contributed by atoms with Gasteiger partial charge in [0.25, 0.3) is 0 Å². The molecule has 0 bridgehead atoms. The van der Waals surface area contributed by atoms with Crippen LogP contribution in [0.1, 0.15) is 47.0 Å². The molecule has 0 radical (unpaired) electrons. The van der Waals surface area contributed by atoms with E-state index in [9.17, 15) is 4.79 Å². The van der Waals surface area contributed by atoms with Crippen LogP contribution in [0.5, 0.6) is 0 Å². The van der Waals surface area contributed by atoms with Crippen LogP contribution in [0.4, 0.5) is 4.79 Å². The molecule has 4 heteroatoms. The zero-order valence-electron chi connectivity index (χ0n) is 12.0. The lowest BCUT2D eigenvalue weighted by Crippen LogP contribution is -2.46. The molecular formula is C14H25NO3. The molecule has 4 nitrogen and oxygen atoms in total. The number of epoxide rings is 1. The Bertz CT molecular complexity index is 317. The van der Waals surface area contributed by atoms with Gasteiger partial charge in [-0.15, -0.1) is 0 Å². The Hall–Kier alpha value is -0.770. The van der Waals surface area contributed by atoms with Crippen LogP contribution in [0, 0.1) is 5.92 Å². The summed E-state index contributed by atoms with van der Waals surface area (Å²) in [6, 6.07) is 0. The van der Waals surface area contributed by atoms with Crippen LogP contribution in [0.25, 0.3) is 0 Å². The average Bonchev–Trinajstić information content (AvgIpc) is 3.08. The van der Waals surface area contributed by atoms with Crippen molar-refractivity contribution >= 4 is 6.09 Å². The summed E-state index contributed by atoms with van der Waals surface area (Å²) < 4.78 is 11.1. The maximum absolute atomic E-state index is 12.1. The predicted molar refractivity (Wildman–Crippen MR) is 69.5 cm³/mol. The SMILES string of the molecule is CC[C@]1([C@@H]2CCCN(C(=O)OC(C)(C)C)C2)CO1. The summed E-state index contributed by atoms with van der Waals surface area (Å²) in [6.45, 7) is 10.3. The zero-order chi connectivity index (χ0) is 13.4. The lowest BCUT2D eigenvalue weighted by molar-refractivity contribution is 0.0106. The first-order chi connectivity index (χ1) is 8.36. The molecule has 0 spiro atoms. The molecule has 2 rings (SSSR count). The fourth-order valence-corrected chi connectivity index (χ4v) is 2.72. The van der Waals surface area contributed by atoms with E-state index in [-0.39, 0.29) is 11.7 Å². The lowest BCUT2D eigenvalue weighted by Gasteiger charge is -2.36. The molecule has 0 aromatic heterocycles. The summed E-state index contributed by atoms with van der Waals surface area (Å²) in [6.07, 6.45) is 3.07. The van der Waals surface area contributed by atoms with E-state index in [0.29, 0.717) is 5.92 Å². The monoisotopic (exact) mass is 255 g/mol. The van der Waals surface area contributed by atoms with Crippen molar-refractivity contribution in [3.63, 3.8) is 0 Å². The number of nitrogens with zero attached hydrogens (tertiary/aromatic N) is 1. The zero-order valence-corrected chi connectivity index (χ0v) is 12.0. The molecule has 18 heavy (non-hydrogen) atoms. The molecule has 2 saturated heterocycles. The minimum absolute atomic E-state index is 0.0562. The van der Waals surface area contributed by atoms with Crippen LogP contribution >= 0.6 is 0 Å². The van der Waals surface area contributed by atoms with Crippen molar-refractivity contribution in [1.29, 1.82) is 0 Å². The molecule has 2 heterocycles. The molecule has 0 unspecified atom stereocenters. The van der Waals surface area contributed by atoms with Gasteiger partial charge in [-0.1, -0.05) is 6.92 Å². The number of rotatable bonds is 2. The Kier molecular flexibility index (Phi) is 3.58. The minimum atomic E-state index is -0.414. The highest BCUT2D eigenvalue weighted by Gasteiger charge is 2.51. The minimum Gasteiger partial charge on any atom is -0.444 e. The molecule has 2 fully saturated rings. The third-order valence-corrected chi connectivity index (χ3v) is 3.93. The van der Waals surface area contributed by atoms with E-state index in [1.54, 1.807) is 0 Å². The van der Waals surface area contributed by atoms with Gasteiger partial charge in [0.15, 0.2) is 0 Å². The van der Waals surface area contributed by atoms with Crippen LogP contribution in [-0.4, -0.2) is 41.9 Å². The fraction of sp³-hybridized carbons (Fsp3) is 0.929. The third-order valence-electron chi connectivity index (χ3n) is 3.93. The molecule has 2 aliphatic rings. The summed E-state index contributed by atoms with van der Waals surface area (Å²) >= 11 is 0. The number of hydrogen-bond acceptors (Lipinski definition) is 3. The van der Waals surface area contributed by atoms with Crippen molar-refractivity contribution in [2.24, 2.45) is 5.92 Å². The van der Waals surface area contributed by atoms with Crippen LogP contribution in [0.2, 0.25) is 0 Å². The maximum atomic E-state index is 12.1. The van der Waals surface area contributed by atoms with Gasteiger partial charge in [-0.25, -0.2) is 4.79 Å². The van der Waals surface area contributed by atoms with E-state index in [1.165, 1.54) is 0 Å². The third kappa shape index (κ3) is 2.97. The standard InChI is InChI=1S/C14H25NO3/c1-5-14(10-17-14)11-7-6-8-15(9-11)12(16)18-13(2,3)4/h11H,5-10H2,1-4H3/t11-,14-/m1/s1. The predicted octanol–water partition coefficient (Wildman–Crippen LogP) is 2.81. The Morgan fingerprint density at radius 2 is 2.17 bits per heavy atom. The molecule has 0 N–H and O–H groups in total. The molecule has 0 aliphatic carbocycles. The molecule has 2 atom stereocenters. The van der Waals surface area contributed by atoms with Crippen LogP contribution in [0.3, 0.4) is 0 Å². The largest absolute Gasteiger partial charge is 0.444 e. The number of carbonyl (C=O) groups excluding carboxylic acids is 1. The Labute approximate surface area is 110 Å². The van der Waals surface area contributed by atoms with E-state index in [1.807, 2.05) is 25.7 Å². The van der Waals surface area contributed by atoms with Crippen molar-refractivity contribution in [2.75, 3.05) is 19.7 Å². The van der Waals surface area contributed by atoms with Gasteiger partial charge < -0.3 is 14.4 Å². The molecule has 0 saturated carbocycles. The van der Waals surface area contributed by atoms with E-state index in [4.69, 9.17) is 9.47 Å². The highest BCUT2D eigenvalue weighted by molar-refractivity contribution is 5.68. The van der Waals surface area contributed by atoms with E-state index in [0.717, 1.165) is 39.0 Å². The quantitative estimate of drug-likeness (QED) is 0.712. The molecule has 104 valence electrons. The van der Waals surface area contributed by atoms with E-state index < -0.39 is 5.60 Å². The van der Waals surface area contributed by atoms with Crippen LogP contribution in [0.15, 0.2) is 0 Å². The van der Waals surface area contributed by atoms with Gasteiger partial charge in [-0.05, 0) is 40.0 Å². The van der Waals surface area contributed by atoms with Gasteiger partial charge in [0.05, 0.1) is 12.2 Å². The summed E-state index contributed by atoms with van der Waals surface area (Å²) in [7, 11) is 0. The smallest absolute Gasteiger partial charge is 0.410 e. The van der Waals surface area contributed by atoms with E-state index in [2.05, 4.69) is 6.92 Å². The molecule has 0 aromatic rings. The van der Waals surface area contributed by atoms with Crippen molar-refractivity contribution in [3.05, 3.63) is 0 Å². The number of likely N-dealkylation sites (tertiary alicyclic amines) is 1. The highest BCUT2D eigenvalue weighted by Crippen LogP contribution is 2.42. The van der Waals surface area contributed by atoms with Gasteiger partial charge in [-0.3, -0.25) is 0 Å². The van der Waals surface area contributed by atoms with Gasteiger partial charge in [0.1, 0.15) is 5.60 Å². The van der Waals surface area contributed by atoms with Gasteiger partial charge in [0, 0.05) is 19.0 Å². The lowest BCUT2D eigenvalue weighted by atomic mass is 9.84. The highest BCUT2D eigenvalue weighted by atomic mass is 16.6. The summed E-state index contributed by atoms with van der Waals surface area (Å²) in [4.78, 5) is 13.9.